The number of thiophene rings is 1. The molecule has 31 heavy (non-hydrogen) atoms. The second kappa shape index (κ2) is 7.94. The third-order valence-electron chi connectivity index (χ3n) is 6.13. The number of amides is 4. The van der Waals surface area contributed by atoms with Crippen molar-refractivity contribution in [2.75, 3.05) is 19.6 Å². The molecule has 3 aliphatic rings. The number of imide groups is 1. The summed E-state index contributed by atoms with van der Waals surface area (Å²) in [6.07, 6.45) is 3.57. The number of hydrogen-bond acceptors (Lipinski definition) is 5. The van der Waals surface area contributed by atoms with E-state index in [-0.39, 0.29) is 24.8 Å². The van der Waals surface area contributed by atoms with E-state index < -0.39 is 6.03 Å². The fourth-order valence-corrected chi connectivity index (χ4v) is 5.46. The van der Waals surface area contributed by atoms with Gasteiger partial charge in [-0.15, -0.1) is 11.3 Å². The lowest BCUT2D eigenvalue weighted by Crippen LogP contribution is -2.56. The molecule has 4 amide bonds. The fraction of sp³-hybridized carbons (Fsp3) is 0.348. The Morgan fingerprint density at radius 1 is 1.06 bits per heavy atom. The predicted octanol–water partition coefficient (Wildman–Crippen LogP) is 3.16. The van der Waals surface area contributed by atoms with E-state index in [9.17, 15) is 14.4 Å². The number of nitrogens with zero attached hydrogens (tertiary/aromatic N) is 3. The van der Waals surface area contributed by atoms with Crippen LogP contribution in [0.2, 0.25) is 0 Å². The molecule has 0 aliphatic carbocycles. The molecule has 4 heterocycles. The van der Waals surface area contributed by atoms with Gasteiger partial charge in [-0.25, -0.2) is 14.8 Å². The standard InChI is InChI=1S/C23H24N4O3S/c1-15-7-11-31-21(15)17-4-8-25(9-5-17)13-16-2-3-19-18(12-16)14-27(22(19)29)26-10-6-20(28)24-23(26)30/h2-4,7,11-12H,5-6,8-10,13-14H2,1H3,(H,24,28,30). The van der Waals surface area contributed by atoms with E-state index >= 15 is 0 Å². The van der Waals surface area contributed by atoms with Gasteiger partial charge in [0.25, 0.3) is 5.91 Å². The largest absolute Gasteiger partial charge is 0.342 e. The van der Waals surface area contributed by atoms with Gasteiger partial charge >= 0.3 is 6.03 Å². The molecular formula is C23H24N4O3S. The quantitative estimate of drug-likeness (QED) is 0.799. The minimum atomic E-state index is -0.533. The van der Waals surface area contributed by atoms with Crippen molar-refractivity contribution in [2.45, 2.75) is 32.9 Å². The number of urea groups is 1. The van der Waals surface area contributed by atoms with Gasteiger partial charge in [0, 0.05) is 36.5 Å². The van der Waals surface area contributed by atoms with E-state index in [4.69, 9.17) is 0 Å². The van der Waals surface area contributed by atoms with Crippen LogP contribution in [0.25, 0.3) is 5.57 Å². The SMILES string of the molecule is Cc1ccsc1C1=CCN(Cc2ccc3c(c2)CN(N2CCC(=O)NC2=O)C3=O)CC1. The zero-order valence-corrected chi connectivity index (χ0v) is 18.2. The molecule has 0 bridgehead atoms. The Labute approximate surface area is 184 Å². The average Bonchev–Trinajstić information content (AvgIpc) is 3.32. The number of hydrogen-bond donors (Lipinski definition) is 1. The van der Waals surface area contributed by atoms with Crippen LogP contribution in [0, 0.1) is 6.92 Å². The summed E-state index contributed by atoms with van der Waals surface area (Å²) in [6, 6.07) is 7.58. The molecule has 2 aromatic rings. The molecule has 0 unspecified atom stereocenters. The molecule has 0 saturated carbocycles. The lowest BCUT2D eigenvalue weighted by atomic mass is 10.0. The van der Waals surface area contributed by atoms with Gasteiger partial charge in [-0.05, 0) is 53.1 Å². The van der Waals surface area contributed by atoms with Gasteiger partial charge in [-0.1, -0.05) is 18.2 Å². The Morgan fingerprint density at radius 2 is 1.94 bits per heavy atom. The second-order valence-electron chi connectivity index (χ2n) is 8.23. The minimum Gasteiger partial charge on any atom is -0.295 e. The molecule has 1 saturated heterocycles. The smallest absolute Gasteiger partial charge is 0.295 e. The van der Waals surface area contributed by atoms with Crippen molar-refractivity contribution in [2.24, 2.45) is 0 Å². The number of aryl methyl sites for hydroxylation is 1. The molecule has 160 valence electrons. The topological polar surface area (TPSA) is 73.0 Å². The Hall–Kier alpha value is -2.97. The van der Waals surface area contributed by atoms with Crippen LogP contribution in [0.15, 0.2) is 35.7 Å². The normalized spacial score (nSPS) is 19.5. The lowest BCUT2D eigenvalue weighted by molar-refractivity contribution is -0.123. The van der Waals surface area contributed by atoms with E-state index in [0.717, 1.165) is 37.2 Å². The maximum Gasteiger partial charge on any atom is 0.342 e. The Bertz CT molecular complexity index is 1110. The van der Waals surface area contributed by atoms with Crippen LogP contribution in [0.5, 0.6) is 0 Å². The summed E-state index contributed by atoms with van der Waals surface area (Å²) >= 11 is 1.81. The molecule has 1 aromatic carbocycles. The number of rotatable bonds is 4. The van der Waals surface area contributed by atoms with E-state index in [0.29, 0.717) is 12.1 Å². The maximum atomic E-state index is 12.8. The molecule has 5 rings (SSSR count). The highest BCUT2D eigenvalue weighted by Crippen LogP contribution is 2.31. The van der Waals surface area contributed by atoms with E-state index in [1.165, 1.54) is 26.0 Å². The summed E-state index contributed by atoms with van der Waals surface area (Å²) < 4.78 is 0. The highest BCUT2D eigenvalue weighted by atomic mass is 32.1. The van der Waals surface area contributed by atoms with Crippen LogP contribution >= 0.6 is 11.3 Å². The first kappa shape index (κ1) is 20.0. The second-order valence-corrected chi connectivity index (χ2v) is 9.14. The van der Waals surface area contributed by atoms with Crippen LogP contribution in [-0.4, -0.2) is 52.4 Å². The molecule has 0 atom stereocenters. The van der Waals surface area contributed by atoms with Crippen molar-refractivity contribution in [3.63, 3.8) is 0 Å². The fourth-order valence-electron chi connectivity index (χ4n) is 4.46. The Balaban J connectivity index is 1.26. The maximum absolute atomic E-state index is 12.8. The first-order valence-electron chi connectivity index (χ1n) is 10.5. The molecule has 0 radical (unpaired) electrons. The molecule has 8 heteroatoms. The molecule has 1 N–H and O–H groups in total. The summed E-state index contributed by atoms with van der Waals surface area (Å²) in [5, 5.41) is 7.21. The summed E-state index contributed by atoms with van der Waals surface area (Å²) in [7, 11) is 0. The van der Waals surface area contributed by atoms with Gasteiger partial charge < -0.3 is 0 Å². The van der Waals surface area contributed by atoms with E-state index in [1.54, 1.807) is 0 Å². The molecule has 0 spiro atoms. The van der Waals surface area contributed by atoms with Crippen molar-refractivity contribution in [3.8, 4) is 0 Å². The van der Waals surface area contributed by atoms with E-state index in [1.807, 2.05) is 23.5 Å². The van der Waals surface area contributed by atoms with Crippen molar-refractivity contribution < 1.29 is 14.4 Å². The highest BCUT2D eigenvalue weighted by Gasteiger charge is 2.36. The Morgan fingerprint density at radius 3 is 2.65 bits per heavy atom. The van der Waals surface area contributed by atoms with Gasteiger partial charge in [0.15, 0.2) is 0 Å². The first-order valence-corrected chi connectivity index (χ1v) is 11.4. The summed E-state index contributed by atoms with van der Waals surface area (Å²) in [5.41, 5.74) is 5.51. The summed E-state index contributed by atoms with van der Waals surface area (Å²) in [4.78, 5) is 40.2. The van der Waals surface area contributed by atoms with Gasteiger partial charge in [0.05, 0.1) is 13.1 Å². The van der Waals surface area contributed by atoms with Crippen LogP contribution < -0.4 is 5.32 Å². The van der Waals surface area contributed by atoms with Crippen LogP contribution in [0.4, 0.5) is 4.79 Å². The average molecular weight is 437 g/mol. The first-order chi connectivity index (χ1) is 15.0. The number of nitrogens with one attached hydrogen (secondary N) is 1. The number of carbonyl (C=O) groups excluding carboxylic acids is 3. The van der Waals surface area contributed by atoms with Crippen molar-refractivity contribution in [1.29, 1.82) is 0 Å². The van der Waals surface area contributed by atoms with Crippen LogP contribution in [0.1, 0.15) is 44.8 Å². The number of fused-ring (bicyclic) bond motifs is 1. The number of hydrazine groups is 1. The zero-order chi connectivity index (χ0) is 21.5. The highest BCUT2D eigenvalue weighted by molar-refractivity contribution is 7.11. The molecule has 1 aromatic heterocycles. The third kappa shape index (κ3) is 3.77. The van der Waals surface area contributed by atoms with Gasteiger partial charge in [0.1, 0.15) is 0 Å². The van der Waals surface area contributed by atoms with Crippen molar-refractivity contribution >= 4 is 34.8 Å². The lowest BCUT2D eigenvalue weighted by Gasteiger charge is -2.33. The van der Waals surface area contributed by atoms with Gasteiger partial charge in [-0.3, -0.25) is 19.8 Å². The van der Waals surface area contributed by atoms with Crippen LogP contribution in [0.3, 0.4) is 0 Å². The number of benzene rings is 1. The van der Waals surface area contributed by atoms with Crippen molar-refractivity contribution in [1.82, 2.24) is 20.2 Å². The van der Waals surface area contributed by atoms with Gasteiger partial charge in [-0.2, -0.15) is 0 Å². The van der Waals surface area contributed by atoms with Crippen LogP contribution in [-0.2, 0) is 17.9 Å². The third-order valence-corrected chi connectivity index (χ3v) is 7.22. The molecular weight excluding hydrogens is 412 g/mol. The minimum absolute atomic E-state index is 0.192. The zero-order valence-electron chi connectivity index (χ0n) is 17.4. The van der Waals surface area contributed by atoms with Crippen molar-refractivity contribution in [3.05, 3.63) is 62.9 Å². The summed E-state index contributed by atoms with van der Waals surface area (Å²) in [6.45, 7) is 5.49. The monoisotopic (exact) mass is 436 g/mol. The molecule has 1 fully saturated rings. The Kier molecular flexibility index (Phi) is 5.11. The summed E-state index contributed by atoms with van der Waals surface area (Å²) in [5.74, 6) is -0.497. The molecule has 7 nitrogen and oxygen atoms in total. The predicted molar refractivity (Wildman–Crippen MR) is 118 cm³/mol. The number of carbonyl (C=O) groups is 3. The van der Waals surface area contributed by atoms with Gasteiger partial charge in [0.2, 0.25) is 5.91 Å². The molecule has 3 aliphatic heterocycles. The van der Waals surface area contributed by atoms with E-state index in [2.05, 4.69) is 40.7 Å².